The molecule has 2 fully saturated rings. The fourth-order valence-corrected chi connectivity index (χ4v) is 4.69. The number of hydrogen-bond acceptors (Lipinski definition) is 6. The molecule has 1 saturated carbocycles. The number of benzene rings is 1. The predicted molar refractivity (Wildman–Crippen MR) is 112 cm³/mol. The van der Waals surface area contributed by atoms with Gasteiger partial charge in [0, 0.05) is 25.2 Å². The Kier molecular flexibility index (Phi) is 6.01. The van der Waals surface area contributed by atoms with Crippen LogP contribution in [0.15, 0.2) is 9.59 Å². The van der Waals surface area contributed by atoms with E-state index in [2.05, 4.69) is 4.98 Å². The Morgan fingerprint density at radius 2 is 1.76 bits per heavy atom. The van der Waals surface area contributed by atoms with Crippen LogP contribution in [0.4, 0.5) is 33.3 Å². The zero-order chi connectivity index (χ0) is 24.2. The number of nitrogens with one attached hydrogen (secondary N) is 1. The van der Waals surface area contributed by atoms with E-state index >= 15 is 4.39 Å². The molecular formula is C20H24F5N5O3. The van der Waals surface area contributed by atoms with Gasteiger partial charge in [-0.05, 0) is 25.2 Å². The number of aromatic amines is 1. The number of rotatable bonds is 7. The van der Waals surface area contributed by atoms with E-state index in [1.807, 2.05) is 0 Å². The van der Waals surface area contributed by atoms with E-state index in [4.69, 9.17) is 16.2 Å². The van der Waals surface area contributed by atoms with Crippen molar-refractivity contribution in [3.63, 3.8) is 0 Å². The number of fused-ring (bicyclic) bond motifs is 1. The largest absolute Gasteiger partial charge is 0.492 e. The smallest absolute Gasteiger partial charge is 0.329 e. The molecule has 1 aromatic carbocycles. The van der Waals surface area contributed by atoms with Crippen molar-refractivity contribution < 1.29 is 26.7 Å². The Morgan fingerprint density at radius 3 is 2.30 bits per heavy atom. The van der Waals surface area contributed by atoms with Gasteiger partial charge in [0.1, 0.15) is 11.2 Å². The van der Waals surface area contributed by atoms with Gasteiger partial charge in [0.2, 0.25) is 12.9 Å². The molecule has 5 N–H and O–H groups in total. The molecule has 1 aliphatic heterocycles. The second-order valence-corrected chi connectivity index (χ2v) is 8.51. The van der Waals surface area contributed by atoms with E-state index in [1.165, 1.54) is 16.6 Å². The summed E-state index contributed by atoms with van der Waals surface area (Å²) >= 11 is 0. The van der Waals surface area contributed by atoms with Crippen LogP contribution in [-0.2, 0) is 0 Å². The highest BCUT2D eigenvalue weighted by atomic mass is 19.3. The number of alkyl halides is 4. The van der Waals surface area contributed by atoms with E-state index in [0.717, 1.165) is 0 Å². The number of H-pyrrole nitrogens is 1. The molecule has 1 aliphatic carbocycles. The Balaban J connectivity index is 1.82. The van der Waals surface area contributed by atoms with Crippen molar-refractivity contribution in [3.8, 4) is 5.75 Å². The molecule has 33 heavy (non-hydrogen) atoms. The fourth-order valence-electron chi connectivity index (χ4n) is 4.69. The summed E-state index contributed by atoms with van der Waals surface area (Å²) in [6.07, 6.45) is -5.13. The van der Waals surface area contributed by atoms with Crippen molar-refractivity contribution in [1.29, 1.82) is 0 Å². The first kappa shape index (κ1) is 23.3. The van der Waals surface area contributed by atoms with Crippen molar-refractivity contribution in [1.82, 2.24) is 9.55 Å². The van der Waals surface area contributed by atoms with Crippen LogP contribution in [0.3, 0.4) is 0 Å². The zero-order valence-corrected chi connectivity index (χ0v) is 17.7. The molecule has 0 bridgehead atoms. The molecule has 0 amide bonds. The van der Waals surface area contributed by atoms with Gasteiger partial charge in [0.15, 0.2) is 11.6 Å². The van der Waals surface area contributed by atoms with Gasteiger partial charge in [-0.25, -0.2) is 26.7 Å². The van der Waals surface area contributed by atoms with Crippen molar-refractivity contribution in [2.45, 2.75) is 44.2 Å². The van der Waals surface area contributed by atoms with Gasteiger partial charge in [-0.2, -0.15) is 0 Å². The molecule has 1 aromatic heterocycles. The van der Waals surface area contributed by atoms with Crippen LogP contribution in [0.1, 0.15) is 25.3 Å². The summed E-state index contributed by atoms with van der Waals surface area (Å²) in [7, 11) is 1.24. The number of hydrogen-bond donors (Lipinski definition) is 3. The number of anilines is 2. The summed E-state index contributed by atoms with van der Waals surface area (Å²) < 4.78 is 74.8. The monoisotopic (exact) mass is 477 g/mol. The number of nitrogen functional groups attached to an aromatic ring is 1. The van der Waals surface area contributed by atoms with Crippen LogP contribution in [0, 0.1) is 17.7 Å². The van der Waals surface area contributed by atoms with Gasteiger partial charge < -0.3 is 21.1 Å². The van der Waals surface area contributed by atoms with Gasteiger partial charge in [0.25, 0.3) is 5.56 Å². The lowest BCUT2D eigenvalue weighted by molar-refractivity contribution is -0.0464. The van der Waals surface area contributed by atoms with Crippen LogP contribution >= 0.6 is 0 Å². The molecule has 4 rings (SSSR count). The van der Waals surface area contributed by atoms with Crippen molar-refractivity contribution in [2.75, 3.05) is 30.8 Å². The molecule has 2 atom stereocenters. The molecule has 13 heteroatoms. The number of nitrogens with zero attached hydrogens (tertiary/aromatic N) is 2. The van der Waals surface area contributed by atoms with Crippen LogP contribution in [0.5, 0.6) is 5.75 Å². The highest BCUT2D eigenvalue weighted by Gasteiger charge is 2.43. The third-order valence-electron chi connectivity index (χ3n) is 6.52. The summed E-state index contributed by atoms with van der Waals surface area (Å²) in [5, 5.41) is -0.234. The van der Waals surface area contributed by atoms with Crippen LogP contribution in [0.2, 0.25) is 0 Å². The van der Waals surface area contributed by atoms with Crippen molar-refractivity contribution in [3.05, 3.63) is 26.7 Å². The number of halogens is 5. The van der Waals surface area contributed by atoms with Gasteiger partial charge in [0.05, 0.1) is 24.1 Å². The second kappa shape index (κ2) is 8.50. The van der Waals surface area contributed by atoms with Gasteiger partial charge in [-0.1, -0.05) is 0 Å². The van der Waals surface area contributed by atoms with Crippen LogP contribution < -0.4 is 32.4 Å². The summed E-state index contributed by atoms with van der Waals surface area (Å²) in [6.45, 7) is -0.00116. The molecule has 8 nitrogen and oxygen atoms in total. The maximum absolute atomic E-state index is 15.4. The van der Waals surface area contributed by atoms with E-state index in [0.29, 0.717) is 12.8 Å². The van der Waals surface area contributed by atoms with E-state index < -0.39 is 53.5 Å². The lowest BCUT2D eigenvalue weighted by atomic mass is 9.88. The first-order valence-electron chi connectivity index (χ1n) is 10.5. The first-order chi connectivity index (χ1) is 15.6. The molecule has 2 heterocycles. The molecule has 2 aromatic rings. The maximum atomic E-state index is 15.4. The topological polar surface area (TPSA) is 119 Å². The standard InChI is InChI=1S/C20H24F5N5O3/c1-33-16-14-9(19(31)28-20(32)30(14)8-2-3-8)13(27)11(21)15(16)29-5-4-7(6-29)12(26)10(17(22)23)18(24)25/h7-8,10,12,17-18H,2-6,26-27H2,1H3,(H,28,31,32). The number of ether oxygens (including phenoxy) is 1. The Bertz CT molecular complexity index is 1170. The molecule has 0 radical (unpaired) electrons. The summed E-state index contributed by atoms with van der Waals surface area (Å²) in [5.74, 6) is -4.19. The SMILES string of the molecule is COc1c(N2CCC(C(N)C(C(F)F)C(F)F)C2)c(F)c(N)c2c(=O)[nH]c(=O)n(C3CC3)c12. The molecule has 1 saturated heterocycles. The average Bonchev–Trinajstić information content (AvgIpc) is 3.44. The molecule has 0 spiro atoms. The lowest BCUT2D eigenvalue weighted by Gasteiger charge is -2.29. The Hall–Kier alpha value is -2.83. The maximum Gasteiger partial charge on any atom is 0.329 e. The lowest BCUT2D eigenvalue weighted by Crippen LogP contribution is -2.45. The highest BCUT2D eigenvalue weighted by molar-refractivity contribution is 5.99. The third kappa shape index (κ3) is 3.81. The highest BCUT2D eigenvalue weighted by Crippen LogP contribution is 2.46. The van der Waals surface area contributed by atoms with Crippen molar-refractivity contribution >= 4 is 22.3 Å². The Labute approximate surface area is 184 Å². The summed E-state index contributed by atoms with van der Waals surface area (Å²) in [6, 6.07) is -1.74. The quantitative estimate of drug-likeness (QED) is 0.415. The molecular weight excluding hydrogens is 453 g/mol. The average molecular weight is 477 g/mol. The van der Waals surface area contributed by atoms with Gasteiger partial charge >= 0.3 is 5.69 Å². The minimum Gasteiger partial charge on any atom is -0.492 e. The van der Waals surface area contributed by atoms with Crippen LogP contribution in [-0.4, -0.2) is 48.6 Å². The van der Waals surface area contributed by atoms with Crippen molar-refractivity contribution in [2.24, 2.45) is 17.6 Å². The number of methoxy groups -OCH3 is 1. The number of nitrogens with two attached hydrogens (primary N) is 2. The predicted octanol–water partition coefficient (Wildman–Crippen LogP) is 2.05. The molecule has 182 valence electrons. The second-order valence-electron chi connectivity index (χ2n) is 8.51. The Morgan fingerprint density at radius 1 is 1.12 bits per heavy atom. The summed E-state index contributed by atoms with van der Waals surface area (Å²) in [4.78, 5) is 28.6. The minimum absolute atomic E-state index is 0.0356. The molecule has 2 unspecified atom stereocenters. The van der Waals surface area contributed by atoms with E-state index in [9.17, 15) is 27.2 Å². The van der Waals surface area contributed by atoms with Gasteiger partial charge in [-0.3, -0.25) is 14.3 Å². The summed E-state index contributed by atoms with van der Waals surface area (Å²) in [5.41, 5.74) is 9.55. The van der Waals surface area contributed by atoms with E-state index in [1.54, 1.807) is 0 Å². The van der Waals surface area contributed by atoms with Gasteiger partial charge in [-0.15, -0.1) is 0 Å². The normalized spacial score (nSPS) is 19.9. The third-order valence-corrected chi connectivity index (χ3v) is 6.52. The first-order valence-corrected chi connectivity index (χ1v) is 10.5. The minimum atomic E-state index is -3.31. The number of aromatic nitrogens is 2. The van der Waals surface area contributed by atoms with Crippen LogP contribution in [0.25, 0.3) is 10.9 Å². The zero-order valence-electron chi connectivity index (χ0n) is 17.7. The molecule has 2 aliphatic rings. The fraction of sp³-hybridized carbons (Fsp3) is 0.600. The van der Waals surface area contributed by atoms with E-state index in [-0.39, 0.29) is 47.9 Å².